The molecule has 0 aliphatic rings. The second kappa shape index (κ2) is 23.7. The van der Waals surface area contributed by atoms with Gasteiger partial charge in [-0.1, -0.05) is 104 Å². The van der Waals surface area contributed by atoms with Crippen LogP contribution in [0.2, 0.25) is 0 Å². The van der Waals surface area contributed by atoms with Crippen LogP contribution < -0.4 is 30.6 Å². The molecule has 0 fully saturated rings. The molecule has 0 aliphatic heterocycles. The minimum Gasteiger partial charge on any atom is -1.00 e. The maximum absolute atomic E-state index is 2.31. The number of benzene rings is 6. The van der Waals surface area contributed by atoms with Crippen molar-refractivity contribution in [2.24, 2.45) is 0 Å². The molecule has 2 unspecified atom stereocenters. The van der Waals surface area contributed by atoms with E-state index in [1.807, 2.05) is 0 Å². The molecule has 0 spiro atoms. The molecule has 2 atom stereocenters. The summed E-state index contributed by atoms with van der Waals surface area (Å²) in [6.45, 7) is 8.62. The largest absolute Gasteiger partial charge is 2.00 e. The zero-order valence-electron chi connectivity index (χ0n) is 33.2. The maximum atomic E-state index is 2.31. The van der Waals surface area contributed by atoms with Gasteiger partial charge in [0.1, 0.15) is 0 Å². The van der Waals surface area contributed by atoms with E-state index in [4.69, 9.17) is 0 Å². The Morgan fingerprint density at radius 1 is 0.328 bits per heavy atom. The topological polar surface area (TPSA) is 0 Å². The molecule has 10 rings (SSSR count). The van der Waals surface area contributed by atoms with Crippen molar-refractivity contribution in [2.45, 2.75) is 27.7 Å². The Bertz CT molecular complexity index is 2430. The Balaban J connectivity index is 0.000000208. The molecule has 6 heteroatoms. The number of aryl methyl sites for hydroxylation is 4. The first-order valence-corrected chi connectivity index (χ1v) is 20.6. The molecular weight excluding hydrogens is 907 g/mol. The van der Waals surface area contributed by atoms with Crippen LogP contribution in [0.5, 0.6) is 0 Å². The normalized spacial score (nSPS) is 10.4. The fraction of sp³-hybridized carbons (Fsp3) is 0.0769. The SMILES string of the molecule is Cc1cc2ccccc2[cH-]1.Cc1cc2ccccc2[cH-]1.Cc1ccccc1Pc1cc2ccccc2[cH-]1.Cc1ccccc1Pc1cc2ccccc2[cH-]1.[F-].[F-].[Zr+2].[Zr+2]. The van der Waals surface area contributed by atoms with Crippen molar-refractivity contribution < 1.29 is 61.8 Å². The van der Waals surface area contributed by atoms with Crippen LogP contribution in [0.15, 0.2) is 194 Å². The molecular formula is C52H46F2P2Zr2-2. The van der Waals surface area contributed by atoms with Gasteiger partial charge in [0.15, 0.2) is 0 Å². The first-order valence-electron chi connectivity index (χ1n) is 18.6. The van der Waals surface area contributed by atoms with Gasteiger partial charge in [-0.2, -0.15) is 24.3 Å². The molecule has 10 aromatic rings. The van der Waals surface area contributed by atoms with Crippen molar-refractivity contribution in [2.75, 3.05) is 0 Å². The van der Waals surface area contributed by atoms with Crippen LogP contribution in [0.4, 0.5) is 0 Å². The van der Waals surface area contributed by atoms with Gasteiger partial charge in [0.05, 0.1) is 0 Å². The van der Waals surface area contributed by atoms with Gasteiger partial charge < -0.3 is 9.41 Å². The molecule has 10 aromatic carbocycles. The Morgan fingerprint density at radius 2 is 0.603 bits per heavy atom. The van der Waals surface area contributed by atoms with E-state index in [2.05, 4.69) is 222 Å². The minimum absolute atomic E-state index is 0. The molecule has 58 heavy (non-hydrogen) atoms. The third kappa shape index (κ3) is 13.1. The number of fused-ring (bicyclic) bond motifs is 4. The zero-order chi connectivity index (χ0) is 37.3. The molecule has 0 saturated carbocycles. The molecule has 0 saturated heterocycles. The van der Waals surface area contributed by atoms with Gasteiger partial charge in [0, 0.05) is 0 Å². The van der Waals surface area contributed by atoms with Crippen LogP contribution in [-0.4, -0.2) is 0 Å². The van der Waals surface area contributed by atoms with Gasteiger partial charge in [-0.25, -0.2) is 0 Å². The number of rotatable bonds is 4. The summed E-state index contributed by atoms with van der Waals surface area (Å²) in [5.74, 6) is 0. The number of halogens is 2. The van der Waals surface area contributed by atoms with Crippen LogP contribution in [0, 0.1) is 27.7 Å². The third-order valence-corrected chi connectivity index (χ3v) is 12.4. The second-order valence-corrected chi connectivity index (χ2v) is 16.7. The molecule has 288 valence electrons. The molecule has 0 aromatic heterocycles. The van der Waals surface area contributed by atoms with Crippen molar-refractivity contribution >= 4 is 81.5 Å². The quantitative estimate of drug-likeness (QED) is 0.136. The fourth-order valence-electron chi connectivity index (χ4n) is 6.79. The van der Waals surface area contributed by atoms with E-state index in [-0.39, 0.29) is 61.8 Å². The Labute approximate surface area is 384 Å². The Hall–Kier alpha value is -3.75. The molecule has 0 bridgehead atoms. The van der Waals surface area contributed by atoms with Crippen molar-refractivity contribution in [1.29, 1.82) is 0 Å². The van der Waals surface area contributed by atoms with Gasteiger partial charge in [0.25, 0.3) is 0 Å². The summed E-state index contributed by atoms with van der Waals surface area (Å²) in [4.78, 5) is 0. The smallest absolute Gasteiger partial charge is 1.00 e. The van der Waals surface area contributed by atoms with Gasteiger partial charge in [-0.05, 0) is 35.6 Å². The average Bonchev–Trinajstić information content (AvgIpc) is 3.97. The summed E-state index contributed by atoms with van der Waals surface area (Å²) in [6, 6.07) is 69.3. The van der Waals surface area contributed by atoms with Crippen LogP contribution in [0.3, 0.4) is 0 Å². The first-order chi connectivity index (χ1) is 26.4. The standard InChI is InChI=1S/2C16H14P.2C10H9.2FH.2Zr/c2*1-12-6-2-5-9-16(12)17-15-10-13-7-3-4-8-14(13)11-15;2*1-8-6-9-4-2-3-5-10(9)7-8;;;;/h2*2-11,17H,1H3;2*2-7H,1H3;2*1H;;/q4*-1;;;2*+2/p-2. The van der Waals surface area contributed by atoms with Crippen molar-refractivity contribution in [1.82, 2.24) is 0 Å². The van der Waals surface area contributed by atoms with Gasteiger partial charge in [0.2, 0.25) is 0 Å². The predicted octanol–water partition coefficient (Wildman–Crippen LogP) is 6.73. The molecule has 0 N–H and O–H groups in total. The number of hydrogen-bond donors (Lipinski definition) is 0. The monoisotopic (exact) mass is 950 g/mol. The van der Waals surface area contributed by atoms with E-state index in [9.17, 15) is 0 Å². The van der Waals surface area contributed by atoms with E-state index < -0.39 is 0 Å². The molecule has 0 aliphatic carbocycles. The van der Waals surface area contributed by atoms with E-state index in [0.717, 1.165) is 17.2 Å². The molecule has 0 nitrogen and oxygen atoms in total. The summed E-state index contributed by atoms with van der Waals surface area (Å²) in [5, 5.41) is 16.5. The molecule has 0 radical (unpaired) electrons. The summed E-state index contributed by atoms with van der Waals surface area (Å²) < 4.78 is 0. The van der Waals surface area contributed by atoms with E-state index in [0.29, 0.717) is 0 Å². The van der Waals surface area contributed by atoms with Crippen molar-refractivity contribution in [3.63, 3.8) is 0 Å². The second-order valence-electron chi connectivity index (χ2n) is 13.9. The maximum Gasteiger partial charge on any atom is 2.00 e. The van der Waals surface area contributed by atoms with E-state index >= 15 is 0 Å². The van der Waals surface area contributed by atoms with Crippen LogP contribution >= 0.6 is 17.2 Å². The Morgan fingerprint density at radius 3 is 0.914 bits per heavy atom. The van der Waals surface area contributed by atoms with Crippen molar-refractivity contribution in [3.05, 3.63) is 216 Å². The van der Waals surface area contributed by atoms with Crippen molar-refractivity contribution in [3.8, 4) is 0 Å². The van der Waals surface area contributed by atoms with Crippen LogP contribution in [-0.2, 0) is 52.4 Å². The van der Waals surface area contributed by atoms with E-state index in [1.54, 1.807) is 0 Å². The summed E-state index contributed by atoms with van der Waals surface area (Å²) in [6.07, 6.45) is 0. The summed E-state index contributed by atoms with van der Waals surface area (Å²) in [5.41, 5.74) is 5.47. The summed E-state index contributed by atoms with van der Waals surface area (Å²) >= 11 is 0. The fourth-order valence-corrected chi connectivity index (χ4v) is 9.25. The van der Waals surface area contributed by atoms with Gasteiger partial charge >= 0.3 is 52.4 Å². The minimum atomic E-state index is 0. The average molecular weight is 953 g/mol. The van der Waals surface area contributed by atoms with Gasteiger partial charge in [-0.3, -0.25) is 0 Å². The molecule has 0 heterocycles. The predicted molar refractivity (Wildman–Crippen MR) is 245 cm³/mol. The Kier molecular flexibility index (Phi) is 19.9. The van der Waals surface area contributed by atoms with E-state index in [1.165, 1.54) is 86.6 Å². The van der Waals surface area contributed by atoms with Crippen LogP contribution in [0.1, 0.15) is 22.3 Å². The zero-order valence-corrected chi connectivity index (χ0v) is 40.1. The number of hydrogen-bond acceptors (Lipinski definition) is 0. The first kappa shape index (κ1) is 48.6. The molecule has 0 amide bonds. The third-order valence-electron chi connectivity index (χ3n) is 9.61. The summed E-state index contributed by atoms with van der Waals surface area (Å²) in [7, 11) is 1.52. The van der Waals surface area contributed by atoms with Crippen LogP contribution in [0.25, 0.3) is 43.1 Å². The van der Waals surface area contributed by atoms with Gasteiger partial charge in [-0.15, -0.1) is 162 Å².